The third kappa shape index (κ3) is 2.80. The van der Waals surface area contributed by atoms with Crippen LogP contribution in [0.1, 0.15) is 27.3 Å². The number of fused-ring (bicyclic) bond motifs is 2. The van der Waals surface area contributed by atoms with Crippen molar-refractivity contribution in [3.05, 3.63) is 71.4 Å². The van der Waals surface area contributed by atoms with Gasteiger partial charge in [-0.3, -0.25) is 9.69 Å². The van der Waals surface area contributed by atoms with E-state index in [0.29, 0.717) is 37.4 Å². The van der Waals surface area contributed by atoms with E-state index >= 15 is 0 Å². The summed E-state index contributed by atoms with van der Waals surface area (Å²) < 4.78 is 36.8. The Morgan fingerprint density at radius 1 is 1.23 bits per heavy atom. The number of halogens is 2. The average molecular weight is 414 g/mol. The van der Waals surface area contributed by atoms with Gasteiger partial charge in [0.1, 0.15) is 23.2 Å². The summed E-state index contributed by atoms with van der Waals surface area (Å²) in [5.41, 5.74) is 2.21. The normalized spacial score (nSPS) is 21.0. The molecular weight excluding hydrogens is 394 g/mol. The van der Waals surface area contributed by atoms with E-state index in [4.69, 9.17) is 4.52 Å². The number of alkyl halides is 2. The molecule has 4 heterocycles. The molecule has 2 aliphatic rings. The molecule has 0 bridgehead atoms. The Morgan fingerprint density at radius 3 is 2.73 bits per heavy atom. The number of benzene rings is 1. The summed E-state index contributed by atoms with van der Waals surface area (Å²) in [5, 5.41) is 3.85. The molecule has 2 aliphatic heterocycles. The second-order valence-corrected chi connectivity index (χ2v) is 7.54. The summed E-state index contributed by atoms with van der Waals surface area (Å²) in [7, 11) is 0. The van der Waals surface area contributed by atoms with Crippen molar-refractivity contribution in [2.75, 3.05) is 13.1 Å². The molecule has 0 spiro atoms. The fourth-order valence-electron chi connectivity index (χ4n) is 4.58. The summed E-state index contributed by atoms with van der Waals surface area (Å²) in [6.07, 6.45) is 3.37. The van der Waals surface area contributed by atoms with Gasteiger partial charge >= 0.3 is 6.61 Å². The minimum atomic E-state index is -2.89. The number of carbonyl (C=O) groups excluding carboxylic acids is 1. The van der Waals surface area contributed by atoms with Crippen molar-refractivity contribution in [2.45, 2.75) is 32.3 Å². The molecule has 5 rings (SSSR count). The third-order valence-electron chi connectivity index (χ3n) is 6.00. The van der Waals surface area contributed by atoms with Crippen LogP contribution < -0.4 is 4.74 Å². The third-order valence-corrected chi connectivity index (χ3v) is 6.00. The summed E-state index contributed by atoms with van der Waals surface area (Å²) in [4.78, 5) is 17.6. The van der Waals surface area contributed by atoms with Gasteiger partial charge < -0.3 is 18.7 Å². The second kappa shape index (κ2) is 6.94. The van der Waals surface area contributed by atoms with Crippen molar-refractivity contribution in [3.8, 4) is 5.75 Å². The zero-order valence-electron chi connectivity index (χ0n) is 16.3. The van der Waals surface area contributed by atoms with Crippen LogP contribution in [0.3, 0.4) is 0 Å². The molecule has 30 heavy (non-hydrogen) atoms. The molecule has 3 aromatic rings. The molecule has 9 heteroatoms. The summed E-state index contributed by atoms with van der Waals surface area (Å²) in [5.74, 6) is -0.0836. The average Bonchev–Trinajstić information content (AvgIpc) is 3.43. The van der Waals surface area contributed by atoms with E-state index in [2.05, 4.69) is 25.4 Å². The lowest BCUT2D eigenvalue weighted by molar-refractivity contribution is -0.0499. The van der Waals surface area contributed by atoms with E-state index in [1.165, 1.54) is 24.1 Å². The zero-order valence-corrected chi connectivity index (χ0v) is 16.3. The van der Waals surface area contributed by atoms with Crippen LogP contribution >= 0.6 is 0 Å². The molecule has 1 saturated heterocycles. The van der Waals surface area contributed by atoms with Gasteiger partial charge in [-0.05, 0) is 36.8 Å². The standard InChI is InChI=1S/C21H20F2N4O3/c1-14-18(12-29-24-14)19(28)27-10-9-26-11-16-3-2-8-25(16)13-21(26,27)15-4-6-17(7-5-15)30-20(22)23/h2-8,12,20H,9-11,13H2,1H3. The Morgan fingerprint density at radius 2 is 2.03 bits per heavy atom. The lowest BCUT2D eigenvalue weighted by atomic mass is 9.93. The number of hydrogen-bond acceptors (Lipinski definition) is 5. The zero-order chi connectivity index (χ0) is 20.9. The molecule has 0 aliphatic carbocycles. The fourth-order valence-corrected chi connectivity index (χ4v) is 4.58. The first-order valence-corrected chi connectivity index (χ1v) is 9.66. The molecule has 2 aromatic heterocycles. The molecule has 1 atom stereocenters. The second-order valence-electron chi connectivity index (χ2n) is 7.54. The minimum absolute atomic E-state index is 0.0833. The van der Waals surface area contributed by atoms with E-state index in [9.17, 15) is 13.6 Å². The first-order chi connectivity index (χ1) is 14.5. The van der Waals surface area contributed by atoms with Crippen molar-refractivity contribution < 1.29 is 22.8 Å². The van der Waals surface area contributed by atoms with Gasteiger partial charge in [-0.2, -0.15) is 8.78 Å². The number of ether oxygens (including phenoxy) is 1. The SMILES string of the molecule is Cc1nocc1C(=O)N1CCN2Cc3cccn3CC21c1ccc(OC(F)F)cc1. The molecule has 1 unspecified atom stereocenters. The van der Waals surface area contributed by atoms with Crippen LogP contribution in [0.15, 0.2) is 53.4 Å². The Labute approximate surface area is 171 Å². The monoisotopic (exact) mass is 414 g/mol. The van der Waals surface area contributed by atoms with Crippen molar-refractivity contribution in [3.63, 3.8) is 0 Å². The minimum Gasteiger partial charge on any atom is -0.435 e. The first-order valence-electron chi connectivity index (χ1n) is 9.66. The maximum atomic E-state index is 13.5. The quantitative estimate of drug-likeness (QED) is 0.656. The van der Waals surface area contributed by atoms with Crippen LogP contribution in [0.25, 0.3) is 0 Å². The van der Waals surface area contributed by atoms with Crippen LogP contribution in [0.5, 0.6) is 5.75 Å². The van der Waals surface area contributed by atoms with E-state index in [0.717, 1.165) is 5.56 Å². The van der Waals surface area contributed by atoms with Crippen LogP contribution in [-0.4, -0.2) is 45.1 Å². The van der Waals surface area contributed by atoms with Crippen LogP contribution in [0.2, 0.25) is 0 Å². The highest BCUT2D eigenvalue weighted by Crippen LogP contribution is 2.44. The Balaban J connectivity index is 1.60. The Kier molecular flexibility index (Phi) is 4.35. The first kappa shape index (κ1) is 18.8. The van der Waals surface area contributed by atoms with E-state index < -0.39 is 12.3 Å². The largest absolute Gasteiger partial charge is 0.435 e. The lowest BCUT2D eigenvalue weighted by Gasteiger charge is -2.47. The van der Waals surface area contributed by atoms with E-state index in [1.807, 2.05) is 17.2 Å². The smallest absolute Gasteiger partial charge is 0.387 e. The molecule has 0 radical (unpaired) electrons. The number of nitrogens with zero attached hydrogens (tertiary/aromatic N) is 4. The summed E-state index contributed by atoms with van der Waals surface area (Å²) >= 11 is 0. The summed E-state index contributed by atoms with van der Waals surface area (Å²) in [6.45, 7) is 1.28. The van der Waals surface area contributed by atoms with Crippen molar-refractivity contribution in [2.24, 2.45) is 0 Å². The molecule has 156 valence electrons. The van der Waals surface area contributed by atoms with E-state index in [-0.39, 0.29) is 11.7 Å². The Bertz CT molecular complexity index is 1080. The number of aryl methyl sites for hydroxylation is 1. The van der Waals surface area contributed by atoms with Gasteiger partial charge in [0, 0.05) is 31.5 Å². The molecule has 7 nitrogen and oxygen atoms in total. The van der Waals surface area contributed by atoms with Gasteiger partial charge in [0.25, 0.3) is 5.91 Å². The van der Waals surface area contributed by atoms with Gasteiger partial charge in [-0.25, -0.2) is 0 Å². The van der Waals surface area contributed by atoms with Crippen LogP contribution in [0, 0.1) is 6.92 Å². The topological polar surface area (TPSA) is 63.7 Å². The molecule has 0 N–H and O–H groups in total. The molecule has 1 fully saturated rings. The number of hydrogen-bond donors (Lipinski definition) is 0. The fraction of sp³-hybridized carbons (Fsp3) is 0.333. The predicted octanol–water partition coefficient (Wildman–Crippen LogP) is 3.21. The number of rotatable bonds is 4. The van der Waals surface area contributed by atoms with Gasteiger partial charge in [-0.15, -0.1) is 0 Å². The van der Waals surface area contributed by atoms with Crippen molar-refractivity contribution in [1.82, 2.24) is 19.5 Å². The highest BCUT2D eigenvalue weighted by molar-refractivity contribution is 5.95. The number of amides is 1. The molecule has 0 saturated carbocycles. The van der Waals surface area contributed by atoms with Crippen LogP contribution in [-0.2, 0) is 18.8 Å². The van der Waals surface area contributed by atoms with E-state index in [1.54, 1.807) is 19.1 Å². The van der Waals surface area contributed by atoms with Gasteiger partial charge in [0.05, 0.1) is 12.2 Å². The highest BCUT2D eigenvalue weighted by atomic mass is 19.3. The molecular formula is C21H20F2N4O3. The van der Waals surface area contributed by atoms with Gasteiger partial charge in [0.15, 0.2) is 0 Å². The highest BCUT2D eigenvalue weighted by Gasteiger charge is 2.53. The van der Waals surface area contributed by atoms with Crippen LogP contribution in [0.4, 0.5) is 8.78 Å². The molecule has 1 aromatic carbocycles. The molecule has 1 amide bonds. The number of carbonyl (C=O) groups is 1. The predicted molar refractivity (Wildman–Crippen MR) is 102 cm³/mol. The Hall–Kier alpha value is -3.20. The number of aromatic nitrogens is 2. The maximum Gasteiger partial charge on any atom is 0.387 e. The summed E-state index contributed by atoms with van der Waals surface area (Å²) in [6, 6.07) is 10.6. The lowest BCUT2D eigenvalue weighted by Crippen LogP contribution is -2.57. The van der Waals surface area contributed by atoms with Gasteiger partial charge in [-0.1, -0.05) is 17.3 Å². The maximum absolute atomic E-state index is 13.5. The van der Waals surface area contributed by atoms with Crippen molar-refractivity contribution >= 4 is 5.91 Å². The van der Waals surface area contributed by atoms with Crippen molar-refractivity contribution in [1.29, 1.82) is 0 Å². The van der Waals surface area contributed by atoms with Gasteiger partial charge in [0.2, 0.25) is 0 Å².